The quantitative estimate of drug-likeness (QED) is 0.547. The smallest absolute Gasteiger partial charge is 0.293 e. The van der Waals surface area contributed by atoms with Crippen molar-refractivity contribution in [3.05, 3.63) is 33.9 Å². The number of nitrogens with one attached hydrogen (secondary N) is 2. The van der Waals surface area contributed by atoms with Gasteiger partial charge < -0.3 is 16.4 Å². The first kappa shape index (κ1) is 16.7. The number of carbonyl (C=O) groups excluding carboxylic acids is 1. The maximum Gasteiger partial charge on any atom is 0.293 e. The van der Waals surface area contributed by atoms with Crippen molar-refractivity contribution >= 4 is 17.3 Å². The summed E-state index contributed by atoms with van der Waals surface area (Å²) < 4.78 is 0. The van der Waals surface area contributed by atoms with E-state index in [0.29, 0.717) is 23.8 Å². The van der Waals surface area contributed by atoms with Gasteiger partial charge in [0.1, 0.15) is 5.69 Å². The molecule has 0 spiro atoms. The number of hydrogen-bond donors (Lipinski definition) is 3. The average molecular weight is 332 g/mol. The summed E-state index contributed by atoms with van der Waals surface area (Å²) in [7, 11) is 0. The van der Waals surface area contributed by atoms with E-state index in [1.54, 1.807) is 12.1 Å². The Morgan fingerprint density at radius 1 is 1.25 bits per heavy atom. The molecule has 1 aromatic rings. The van der Waals surface area contributed by atoms with Crippen LogP contribution >= 0.6 is 0 Å². The minimum absolute atomic E-state index is 0.0476. The molecule has 24 heavy (non-hydrogen) atoms. The molecule has 2 fully saturated rings. The third-order valence-corrected chi connectivity index (χ3v) is 4.92. The monoisotopic (exact) mass is 332 g/mol. The van der Waals surface area contributed by atoms with Gasteiger partial charge in [-0.25, -0.2) is 0 Å². The average Bonchev–Trinajstić information content (AvgIpc) is 3.39. The molecule has 2 saturated carbocycles. The van der Waals surface area contributed by atoms with Crippen molar-refractivity contribution in [1.82, 2.24) is 5.32 Å². The first-order valence-corrected chi connectivity index (χ1v) is 8.64. The van der Waals surface area contributed by atoms with E-state index in [0.717, 1.165) is 38.5 Å². The highest BCUT2D eigenvalue weighted by molar-refractivity contribution is 5.96. The van der Waals surface area contributed by atoms with Crippen LogP contribution in [0, 0.1) is 16.0 Å². The minimum atomic E-state index is -0.440. The topological polar surface area (TPSA) is 110 Å². The van der Waals surface area contributed by atoms with Crippen molar-refractivity contribution in [3.8, 4) is 0 Å². The van der Waals surface area contributed by atoms with E-state index in [1.165, 1.54) is 6.07 Å². The fourth-order valence-electron chi connectivity index (χ4n) is 3.33. The summed E-state index contributed by atoms with van der Waals surface area (Å²) in [6.45, 7) is 0.551. The van der Waals surface area contributed by atoms with Crippen LogP contribution in [-0.4, -0.2) is 29.5 Å². The van der Waals surface area contributed by atoms with Gasteiger partial charge in [-0.15, -0.1) is 0 Å². The first-order chi connectivity index (χ1) is 11.6. The van der Waals surface area contributed by atoms with E-state index >= 15 is 0 Å². The predicted molar refractivity (Wildman–Crippen MR) is 92.0 cm³/mol. The third-order valence-electron chi connectivity index (χ3n) is 4.92. The molecule has 1 aromatic carbocycles. The number of benzene rings is 1. The molecule has 0 heterocycles. The number of nitrogens with zero attached hydrogens (tertiary/aromatic N) is 1. The molecule has 0 radical (unpaired) electrons. The van der Waals surface area contributed by atoms with Crippen molar-refractivity contribution in [2.24, 2.45) is 11.7 Å². The number of hydrogen-bond acceptors (Lipinski definition) is 5. The van der Waals surface area contributed by atoms with Crippen LogP contribution in [0.5, 0.6) is 0 Å². The van der Waals surface area contributed by atoms with Gasteiger partial charge in [-0.2, -0.15) is 0 Å². The zero-order chi connectivity index (χ0) is 17.1. The van der Waals surface area contributed by atoms with E-state index < -0.39 is 4.92 Å². The lowest BCUT2D eigenvalue weighted by molar-refractivity contribution is -0.384. The van der Waals surface area contributed by atoms with Crippen molar-refractivity contribution in [2.45, 2.75) is 50.6 Å². The lowest BCUT2D eigenvalue weighted by Crippen LogP contribution is -2.44. The molecule has 0 aliphatic heterocycles. The van der Waals surface area contributed by atoms with Crippen LogP contribution in [-0.2, 0) is 0 Å². The second-order valence-corrected chi connectivity index (χ2v) is 6.77. The summed E-state index contributed by atoms with van der Waals surface area (Å²) in [4.78, 5) is 23.4. The van der Waals surface area contributed by atoms with Gasteiger partial charge in [-0.05, 0) is 50.3 Å². The fraction of sp³-hybridized carbons (Fsp3) is 0.588. The molecule has 7 nitrogen and oxygen atoms in total. The van der Waals surface area contributed by atoms with Gasteiger partial charge in [0, 0.05) is 23.7 Å². The summed E-state index contributed by atoms with van der Waals surface area (Å²) in [6, 6.07) is 5.01. The van der Waals surface area contributed by atoms with Crippen LogP contribution in [0.15, 0.2) is 18.2 Å². The second kappa shape index (κ2) is 7.17. The Kier molecular flexibility index (Phi) is 4.99. The SMILES string of the molecule is NCC1CCCCC1NC(=O)c1ccc(NC2CC2)c([N+](=O)[O-])c1. The second-order valence-electron chi connectivity index (χ2n) is 6.77. The Balaban J connectivity index is 1.74. The van der Waals surface area contributed by atoms with Gasteiger partial charge in [-0.3, -0.25) is 14.9 Å². The molecule has 2 unspecified atom stereocenters. The highest BCUT2D eigenvalue weighted by atomic mass is 16.6. The van der Waals surface area contributed by atoms with Gasteiger partial charge in [0.15, 0.2) is 0 Å². The Hall–Kier alpha value is -2.15. The summed E-state index contributed by atoms with van der Waals surface area (Å²) in [5, 5.41) is 17.5. The molecular weight excluding hydrogens is 308 g/mol. The van der Waals surface area contributed by atoms with E-state index in [1.807, 2.05) is 0 Å². The zero-order valence-corrected chi connectivity index (χ0v) is 13.7. The summed E-state index contributed by atoms with van der Waals surface area (Å²) >= 11 is 0. The molecule has 7 heteroatoms. The number of rotatable bonds is 6. The summed E-state index contributed by atoms with van der Waals surface area (Å²) in [5.41, 5.74) is 6.55. The van der Waals surface area contributed by atoms with E-state index in [9.17, 15) is 14.9 Å². The van der Waals surface area contributed by atoms with Crippen LogP contribution in [0.2, 0.25) is 0 Å². The Morgan fingerprint density at radius 2 is 2.00 bits per heavy atom. The Labute approximate surface area is 141 Å². The Bertz CT molecular complexity index is 630. The van der Waals surface area contributed by atoms with Gasteiger partial charge >= 0.3 is 0 Å². The molecule has 4 N–H and O–H groups in total. The fourth-order valence-corrected chi connectivity index (χ4v) is 3.33. The van der Waals surface area contributed by atoms with Crippen molar-refractivity contribution in [2.75, 3.05) is 11.9 Å². The standard InChI is InChI=1S/C17H24N4O3/c18-10-12-3-1-2-4-14(12)20-17(22)11-5-8-15(19-13-6-7-13)16(9-11)21(23)24/h5,8-9,12-14,19H,1-4,6-7,10,18H2,(H,20,22). The predicted octanol–water partition coefficient (Wildman–Crippen LogP) is 2.42. The van der Waals surface area contributed by atoms with Crippen molar-refractivity contribution in [3.63, 3.8) is 0 Å². The van der Waals surface area contributed by atoms with E-state index in [-0.39, 0.29) is 23.6 Å². The molecule has 0 saturated heterocycles. The van der Waals surface area contributed by atoms with Crippen LogP contribution in [0.4, 0.5) is 11.4 Å². The molecule has 2 aliphatic carbocycles. The van der Waals surface area contributed by atoms with Crippen molar-refractivity contribution < 1.29 is 9.72 Å². The van der Waals surface area contributed by atoms with Gasteiger partial charge in [-0.1, -0.05) is 12.8 Å². The number of nitro benzene ring substituents is 1. The number of nitro groups is 1. The molecule has 0 aromatic heterocycles. The number of carbonyl (C=O) groups is 1. The van der Waals surface area contributed by atoms with Gasteiger partial charge in [0.05, 0.1) is 4.92 Å². The molecule has 0 bridgehead atoms. The van der Waals surface area contributed by atoms with Crippen LogP contribution < -0.4 is 16.4 Å². The molecular formula is C17H24N4O3. The molecule has 130 valence electrons. The zero-order valence-electron chi connectivity index (χ0n) is 13.7. The normalized spacial score (nSPS) is 23.5. The third kappa shape index (κ3) is 3.84. The van der Waals surface area contributed by atoms with Crippen LogP contribution in [0.3, 0.4) is 0 Å². The highest BCUT2D eigenvalue weighted by Gasteiger charge is 2.28. The summed E-state index contributed by atoms with van der Waals surface area (Å²) in [6.07, 6.45) is 6.21. The highest BCUT2D eigenvalue weighted by Crippen LogP contribution is 2.32. The molecule has 1 amide bonds. The number of nitrogens with two attached hydrogens (primary N) is 1. The maximum atomic E-state index is 12.5. The lowest BCUT2D eigenvalue weighted by Gasteiger charge is -2.31. The molecule has 2 atom stereocenters. The maximum absolute atomic E-state index is 12.5. The summed E-state index contributed by atoms with van der Waals surface area (Å²) in [5.74, 6) is 0.0231. The van der Waals surface area contributed by atoms with E-state index in [4.69, 9.17) is 5.73 Å². The largest absolute Gasteiger partial charge is 0.377 e. The van der Waals surface area contributed by atoms with Crippen molar-refractivity contribution in [1.29, 1.82) is 0 Å². The number of anilines is 1. The Morgan fingerprint density at radius 3 is 2.67 bits per heavy atom. The van der Waals surface area contributed by atoms with E-state index in [2.05, 4.69) is 10.6 Å². The van der Waals surface area contributed by atoms with Gasteiger partial charge in [0.2, 0.25) is 0 Å². The number of amides is 1. The minimum Gasteiger partial charge on any atom is -0.377 e. The van der Waals surface area contributed by atoms with Crippen LogP contribution in [0.1, 0.15) is 48.9 Å². The van der Waals surface area contributed by atoms with Gasteiger partial charge in [0.25, 0.3) is 11.6 Å². The molecule has 2 aliphatic rings. The lowest BCUT2D eigenvalue weighted by atomic mass is 9.84. The van der Waals surface area contributed by atoms with Crippen LogP contribution in [0.25, 0.3) is 0 Å². The molecule has 3 rings (SSSR count). The first-order valence-electron chi connectivity index (χ1n) is 8.64.